The number of ether oxygens (including phenoxy) is 1. The van der Waals surface area contributed by atoms with Crippen molar-refractivity contribution < 1.29 is 4.74 Å². The molecule has 1 N–H and O–H groups in total. The molecule has 3 nitrogen and oxygen atoms in total. The molecule has 0 unspecified atom stereocenters. The van der Waals surface area contributed by atoms with Crippen molar-refractivity contribution in [3.63, 3.8) is 0 Å². The SMILES string of the molecule is CCC(C)(C)N(C)CCNCCOC. The molecule has 0 aromatic rings. The van der Waals surface area contributed by atoms with Gasteiger partial charge in [-0.15, -0.1) is 0 Å². The fourth-order valence-corrected chi connectivity index (χ4v) is 1.12. The first-order valence-electron chi connectivity index (χ1n) is 5.45. The van der Waals surface area contributed by atoms with Gasteiger partial charge < -0.3 is 10.1 Å². The second-order valence-corrected chi connectivity index (χ2v) is 4.33. The maximum Gasteiger partial charge on any atom is 0.0587 e. The summed E-state index contributed by atoms with van der Waals surface area (Å²) in [6, 6.07) is 0. The van der Waals surface area contributed by atoms with Gasteiger partial charge in [-0.3, -0.25) is 4.90 Å². The highest BCUT2D eigenvalue weighted by molar-refractivity contribution is 4.77. The van der Waals surface area contributed by atoms with Gasteiger partial charge in [0.05, 0.1) is 6.61 Å². The van der Waals surface area contributed by atoms with Crippen LogP contribution in [-0.2, 0) is 4.74 Å². The second-order valence-electron chi connectivity index (χ2n) is 4.33. The quantitative estimate of drug-likeness (QED) is 0.601. The van der Waals surface area contributed by atoms with Crippen LogP contribution in [0.25, 0.3) is 0 Å². The largest absolute Gasteiger partial charge is 0.383 e. The Balaban J connectivity index is 3.48. The van der Waals surface area contributed by atoms with Crippen LogP contribution in [0.5, 0.6) is 0 Å². The van der Waals surface area contributed by atoms with Crippen LogP contribution in [0.1, 0.15) is 27.2 Å². The smallest absolute Gasteiger partial charge is 0.0587 e. The first kappa shape index (κ1) is 13.9. The topological polar surface area (TPSA) is 24.5 Å². The number of likely N-dealkylation sites (N-methyl/N-ethyl adjacent to an activating group) is 1. The zero-order valence-electron chi connectivity index (χ0n) is 10.4. The average Bonchev–Trinajstić information content (AvgIpc) is 2.17. The molecule has 0 amide bonds. The number of hydrogen-bond acceptors (Lipinski definition) is 3. The number of hydrogen-bond donors (Lipinski definition) is 1. The summed E-state index contributed by atoms with van der Waals surface area (Å²) in [6.07, 6.45) is 1.18. The minimum Gasteiger partial charge on any atom is -0.383 e. The standard InChI is InChI=1S/C11H26N2O/c1-6-11(2,3)13(4)9-7-12-8-10-14-5/h12H,6-10H2,1-5H3. The summed E-state index contributed by atoms with van der Waals surface area (Å²) < 4.78 is 4.96. The van der Waals surface area contributed by atoms with Crippen molar-refractivity contribution in [1.29, 1.82) is 0 Å². The molecule has 86 valence electrons. The summed E-state index contributed by atoms with van der Waals surface area (Å²) in [5.41, 5.74) is 0.308. The first-order chi connectivity index (χ1) is 6.54. The van der Waals surface area contributed by atoms with E-state index in [-0.39, 0.29) is 0 Å². The van der Waals surface area contributed by atoms with Crippen LogP contribution < -0.4 is 5.32 Å². The summed E-state index contributed by atoms with van der Waals surface area (Å²) in [6.45, 7) is 10.6. The lowest BCUT2D eigenvalue weighted by molar-refractivity contribution is 0.149. The summed E-state index contributed by atoms with van der Waals surface area (Å²) in [5.74, 6) is 0. The number of rotatable bonds is 8. The maximum atomic E-state index is 4.96. The van der Waals surface area contributed by atoms with Gasteiger partial charge in [0.2, 0.25) is 0 Å². The zero-order chi connectivity index (χ0) is 11.0. The van der Waals surface area contributed by atoms with Crippen molar-refractivity contribution >= 4 is 0 Å². The van der Waals surface area contributed by atoms with Gasteiger partial charge in [0.1, 0.15) is 0 Å². The number of methoxy groups -OCH3 is 1. The lowest BCUT2D eigenvalue weighted by Gasteiger charge is -2.34. The van der Waals surface area contributed by atoms with E-state index < -0.39 is 0 Å². The van der Waals surface area contributed by atoms with Crippen LogP contribution in [0.15, 0.2) is 0 Å². The Kier molecular flexibility index (Phi) is 7.15. The number of nitrogens with zero attached hydrogens (tertiary/aromatic N) is 1. The third-order valence-electron chi connectivity index (χ3n) is 3.01. The fraction of sp³-hybridized carbons (Fsp3) is 1.00. The summed E-state index contributed by atoms with van der Waals surface area (Å²) in [5, 5.41) is 3.35. The molecule has 0 rings (SSSR count). The fourth-order valence-electron chi connectivity index (χ4n) is 1.12. The highest BCUT2D eigenvalue weighted by Crippen LogP contribution is 2.15. The molecule has 0 atom stereocenters. The predicted octanol–water partition coefficient (Wildman–Crippen LogP) is 1.34. The molecule has 3 heteroatoms. The molecule has 0 fully saturated rings. The van der Waals surface area contributed by atoms with E-state index in [0.29, 0.717) is 5.54 Å². The summed E-state index contributed by atoms with van der Waals surface area (Å²) in [4.78, 5) is 2.40. The van der Waals surface area contributed by atoms with Crippen LogP contribution >= 0.6 is 0 Å². The maximum absolute atomic E-state index is 4.96. The average molecular weight is 202 g/mol. The van der Waals surface area contributed by atoms with Crippen molar-refractivity contribution in [3.05, 3.63) is 0 Å². The third-order valence-corrected chi connectivity index (χ3v) is 3.01. The molecule has 0 radical (unpaired) electrons. The van der Waals surface area contributed by atoms with Crippen molar-refractivity contribution in [2.45, 2.75) is 32.7 Å². The molecular weight excluding hydrogens is 176 g/mol. The van der Waals surface area contributed by atoms with E-state index in [1.807, 2.05) is 0 Å². The third kappa shape index (κ3) is 5.58. The highest BCUT2D eigenvalue weighted by atomic mass is 16.5. The van der Waals surface area contributed by atoms with Gasteiger partial charge in [-0.05, 0) is 27.3 Å². The Morgan fingerprint density at radius 2 is 1.93 bits per heavy atom. The van der Waals surface area contributed by atoms with Crippen LogP contribution in [-0.4, -0.2) is 50.8 Å². The van der Waals surface area contributed by atoms with E-state index >= 15 is 0 Å². The lowest BCUT2D eigenvalue weighted by Crippen LogP contribution is -2.44. The lowest BCUT2D eigenvalue weighted by atomic mass is 10.0. The molecule has 0 saturated carbocycles. The van der Waals surface area contributed by atoms with E-state index in [1.54, 1.807) is 7.11 Å². The van der Waals surface area contributed by atoms with Crippen molar-refractivity contribution in [2.24, 2.45) is 0 Å². The molecule has 0 bridgehead atoms. The van der Waals surface area contributed by atoms with Crippen LogP contribution in [0, 0.1) is 0 Å². The Bertz CT molecular complexity index is 137. The van der Waals surface area contributed by atoms with Gasteiger partial charge >= 0.3 is 0 Å². The van der Waals surface area contributed by atoms with E-state index in [2.05, 4.69) is 38.0 Å². The van der Waals surface area contributed by atoms with Gasteiger partial charge in [-0.25, -0.2) is 0 Å². The minimum atomic E-state index is 0.308. The zero-order valence-corrected chi connectivity index (χ0v) is 10.4. The van der Waals surface area contributed by atoms with Gasteiger partial charge in [0.15, 0.2) is 0 Å². The van der Waals surface area contributed by atoms with Crippen LogP contribution in [0.2, 0.25) is 0 Å². The molecule has 0 aliphatic heterocycles. The van der Waals surface area contributed by atoms with Crippen LogP contribution in [0.4, 0.5) is 0 Å². The monoisotopic (exact) mass is 202 g/mol. The van der Waals surface area contributed by atoms with Crippen molar-refractivity contribution in [1.82, 2.24) is 10.2 Å². The Morgan fingerprint density at radius 3 is 2.43 bits per heavy atom. The van der Waals surface area contributed by atoms with E-state index in [0.717, 1.165) is 26.2 Å². The molecule has 0 spiro atoms. The molecule has 0 aliphatic rings. The minimum absolute atomic E-state index is 0.308. The molecule has 0 saturated heterocycles. The Hall–Kier alpha value is -0.120. The van der Waals surface area contributed by atoms with Crippen molar-refractivity contribution in [2.75, 3.05) is 40.4 Å². The summed E-state index contributed by atoms with van der Waals surface area (Å²) >= 11 is 0. The first-order valence-corrected chi connectivity index (χ1v) is 5.45. The predicted molar refractivity (Wildman–Crippen MR) is 61.7 cm³/mol. The highest BCUT2D eigenvalue weighted by Gasteiger charge is 2.19. The van der Waals surface area contributed by atoms with Crippen LogP contribution in [0.3, 0.4) is 0 Å². The van der Waals surface area contributed by atoms with Gasteiger partial charge in [0, 0.05) is 32.3 Å². The van der Waals surface area contributed by atoms with Gasteiger partial charge in [-0.2, -0.15) is 0 Å². The van der Waals surface area contributed by atoms with Gasteiger partial charge in [0.25, 0.3) is 0 Å². The normalized spacial score (nSPS) is 12.4. The molecule has 0 aromatic carbocycles. The molecule has 0 heterocycles. The Labute approximate surface area is 88.8 Å². The molecule has 0 aliphatic carbocycles. The molecule has 14 heavy (non-hydrogen) atoms. The molecular formula is C11H26N2O. The second kappa shape index (κ2) is 7.21. The van der Waals surface area contributed by atoms with E-state index in [9.17, 15) is 0 Å². The van der Waals surface area contributed by atoms with E-state index in [1.165, 1.54) is 6.42 Å². The number of nitrogens with one attached hydrogen (secondary N) is 1. The van der Waals surface area contributed by atoms with E-state index in [4.69, 9.17) is 4.74 Å². The summed E-state index contributed by atoms with van der Waals surface area (Å²) in [7, 11) is 3.91. The Morgan fingerprint density at radius 1 is 1.29 bits per heavy atom. The van der Waals surface area contributed by atoms with Gasteiger partial charge in [-0.1, -0.05) is 6.92 Å². The molecule has 0 aromatic heterocycles. The van der Waals surface area contributed by atoms with Crippen molar-refractivity contribution in [3.8, 4) is 0 Å².